The van der Waals surface area contributed by atoms with Crippen molar-refractivity contribution >= 4 is 23.6 Å². The molecular formula is C13H17N3O4. The molecule has 0 spiro atoms. The van der Waals surface area contributed by atoms with Gasteiger partial charge in [-0.2, -0.15) is 0 Å². The van der Waals surface area contributed by atoms with Crippen molar-refractivity contribution in [1.82, 2.24) is 5.32 Å². The fraction of sp³-hybridized carbons (Fsp3) is 0.308. The molecule has 0 aliphatic heterocycles. The van der Waals surface area contributed by atoms with Gasteiger partial charge >= 0.3 is 12.0 Å². The van der Waals surface area contributed by atoms with Crippen molar-refractivity contribution in [3.63, 3.8) is 0 Å². The number of urea groups is 1. The minimum atomic E-state index is -1.21. The Kier molecular flexibility index (Phi) is 4.34. The van der Waals surface area contributed by atoms with Crippen LogP contribution in [0.2, 0.25) is 0 Å². The Bertz CT molecular complexity index is 567. The number of nitrogens with two attached hydrogens (primary N) is 1. The van der Waals surface area contributed by atoms with Crippen molar-refractivity contribution < 1.29 is 19.5 Å². The zero-order chi connectivity index (χ0) is 15.5. The first-order chi connectivity index (χ1) is 9.13. The van der Waals surface area contributed by atoms with E-state index in [1.54, 1.807) is 13.0 Å². The SMILES string of the molecule is Cc1ccc(C(=O)O)cc1NC(=O)NC(C)(C)C(N)=O. The normalized spacial score (nSPS) is 10.8. The van der Waals surface area contributed by atoms with Crippen LogP contribution in [0.5, 0.6) is 0 Å². The summed E-state index contributed by atoms with van der Waals surface area (Å²) in [5.41, 5.74) is 5.04. The smallest absolute Gasteiger partial charge is 0.335 e. The number of rotatable bonds is 4. The molecule has 1 aromatic carbocycles. The van der Waals surface area contributed by atoms with Crippen molar-refractivity contribution in [1.29, 1.82) is 0 Å². The van der Waals surface area contributed by atoms with E-state index in [2.05, 4.69) is 10.6 Å². The second kappa shape index (κ2) is 5.60. The second-order valence-electron chi connectivity index (χ2n) is 4.90. The summed E-state index contributed by atoms with van der Waals surface area (Å²) in [7, 11) is 0. The standard InChI is InChI=1S/C13H17N3O4/c1-7-4-5-8(10(17)18)6-9(7)15-12(20)16-13(2,3)11(14)19/h4-6H,1-3H3,(H2,14,19)(H,17,18)(H2,15,16,20). The van der Waals surface area contributed by atoms with Crippen LogP contribution in [0.1, 0.15) is 29.8 Å². The Morgan fingerprint density at radius 1 is 1.25 bits per heavy atom. The minimum absolute atomic E-state index is 0.0556. The lowest BCUT2D eigenvalue weighted by molar-refractivity contribution is -0.122. The predicted octanol–water partition coefficient (Wildman–Crippen LogP) is 1.08. The molecule has 0 radical (unpaired) electrons. The van der Waals surface area contributed by atoms with E-state index in [4.69, 9.17) is 10.8 Å². The molecule has 1 aromatic rings. The summed E-state index contributed by atoms with van der Waals surface area (Å²) in [5.74, 6) is -1.77. The molecule has 0 saturated carbocycles. The molecule has 0 aliphatic carbocycles. The van der Waals surface area contributed by atoms with Gasteiger partial charge < -0.3 is 21.5 Å². The molecule has 7 nitrogen and oxygen atoms in total. The third kappa shape index (κ3) is 3.71. The maximum absolute atomic E-state index is 11.8. The lowest BCUT2D eigenvalue weighted by Crippen LogP contribution is -2.54. The lowest BCUT2D eigenvalue weighted by Gasteiger charge is -2.22. The lowest BCUT2D eigenvalue weighted by atomic mass is 10.1. The van der Waals surface area contributed by atoms with E-state index in [0.717, 1.165) is 0 Å². The first-order valence-corrected chi connectivity index (χ1v) is 5.86. The summed E-state index contributed by atoms with van der Waals surface area (Å²) in [4.78, 5) is 33.8. The number of carbonyl (C=O) groups is 3. The van der Waals surface area contributed by atoms with Gasteiger partial charge in [0, 0.05) is 5.69 Å². The van der Waals surface area contributed by atoms with Gasteiger partial charge in [0.1, 0.15) is 5.54 Å². The van der Waals surface area contributed by atoms with E-state index < -0.39 is 23.4 Å². The highest BCUT2D eigenvalue weighted by Gasteiger charge is 2.27. The molecule has 0 heterocycles. The molecule has 108 valence electrons. The first kappa shape index (κ1) is 15.5. The van der Waals surface area contributed by atoms with Gasteiger partial charge in [-0.25, -0.2) is 9.59 Å². The van der Waals surface area contributed by atoms with Crippen molar-refractivity contribution in [2.75, 3.05) is 5.32 Å². The van der Waals surface area contributed by atoms with Gasteiger partial charge in [0.25, 0.3) is 0 Å². The van der Waals surface area contributed by atoms with Crippen LogP contribution in [0.3, 0.4) is 0 Å². The highest BCUT2D eigenvalue weighted by Crippen LogP contribution is 2.17. The van der Waals surface area contributed by atoms with Crippen LogP contribution in [0.25, 0.3) is 0 Å². The number of aryl methyl sites for hydroxylation is 1. The van der Waals surface area contributed by atoms with Crippen LogP contribution in [-0.2, 0) is 4.79 Å². The zero-order valence-corrected chi connectivity index (χ0v) is 11.5. The van der Waals surface area contributed by atoms with Crippen LogP contribution in [0.4, 0.5) is 10.5 Å². The van der Waals surface area contributed by atoms with E-state index in [-0.39, 0.29) is 5.56 Å². The summed E-state index contributed by atoms with van der Waals surface area (Å²) in [6.45, 7) is 4.66. The number of carbonyl (C=O) groups excluding carboxylic acids is 2. The summed E-state index contributed by atoms with van der Waals surface area (Å²) in [6.07, 6.45) is 0. The summed E-state index contributed by atoms with van der Waals surface area (Å²) >= 11 is 0. The van der Waals surface area contributed by atoms with E-state index in [1.165, 1.54) is 26.0 Å². The molecule has 3 amide bonds. The van der Waals surface area contributed by atoms with Crippen LogP contribution in [-0.4, -0.2) is 28.6 Å². The summed E-state index contributed by atoms with van der Waals surface area (Å²) in [6, 6.07) is 3.72. The Morgan fingerprint density at radius 3 is 2.35 bits per heavy atom. The molecule has 0 aliphatic rings. The highest BCUT2D eigenvalue weighted by molar-refractivity contribution is 5.97. The molecular weight excluding hydrogens is 262 g/mol. The highest BCUT2D eigenvalue weighted by atomic mass is 16.4. The molecule has 0 unspecified atom stereocenters. The van der Waals surface area contributed by atoms with Gasteiger partial charge in [-0.05, 0) is 38.5 Å². The Balaban J connectivity index is 2.88. The van der Waals surface area contributed by atoms with Gasteiger partial charge in [0.2, 0.25) is 5.91 Å². The van der Waals surface area contributed by atoms with Crippen LogP contribution in [0.15, 0.2) is 18.2 Å². The number of carboxylic acid groups (broad SMARTS) is 1. The summed E-state index contributed by atoms with van der Waals surface area (Å²) in [5, 5.41) is 13.8. The minimum Gasteiger partial charge on any atom is -0.478 e. The third-order valence-electron chi connectivity index (χ3n) is 2.77. The van der Waals surface area contributed by atoms with Crippen molar-refractivity contribution in [2.45, 2.75) is 26.3 Å². The number of hydrogen-bond donors (Lipinski definition) is 4. The Labute approximate surface area is 116 Å². The molecule has 0 aromatic heterocycles. The largest absolute Gasteiger partial charge is 0.478 e. The quantitative estimate of drug-likeness (QED) is 0.658. The number of amides is 3. The molecule has 7 heteroatoms. The number of nitrogens with one attached hydrogen (secondary N) is 2. The Morgan fingerprint density at radius 2 is 1.85 bits per heavy atom. The van der Waals surface area contributed by atoms with Gasteiger partial charge in [-0.15, -0.1) is 0 Å². The predicted molar refractivity (Wildman–Crippen MR) is 73.6 cm³/mol. The van der Waals surface area contributed by atoms with E-state index in [1.807, 2.05) is 0 Å². The fourth-order valence-corrected chi connectivity index (χ4v) is 1.39. The summed E-state index contributed by atoms with van der Waals surface area (Å²) < 4.78 is 0. The fourth-order valence-electron chi connectivity index (χ4n) is 1.39. The van der Waals surface area contributed by atoms with Crippen LogP contribution in [0, 0.1) is 6.92 Å². The topological polar surface area (TPSA) is 122 Å². The number of primary amides is 1. The van der Waals surface area contributed by atoms with Gasteiger partial charge in [0.05, 0.1) is 5.56 Å². The van der Waals surface area contributed by atoms with E-state index in [0.29, 0.717) is 11.3 Å². The van der Waals surface area contributed by atoms with Crippen LogP contribution >= 0.6 is 0 Å². The number of carboxylic acids is 1. The van der Waals surface area contributed by atoms with E-state index in [9.17, 15) is 14.4 Å². The van der Waals surface area contributed by atoms with Crippen molar-refractivity contribution in [3.05, 3.63) is 29.3 Å². The average molecular weight is 279 g/mol. The van der Waals surface area contributed by atoms with Crippen molar-refractivity contribution in [3.8, 4) is 0 Å². The molecule has 20 heavy (non-hydrogen) atoms. The molecule has 0 bridgehead atoms. The third-order valence-corrected chi connectivity index (χ3v) is 2.77. The molecule has 1 rings (SSSR count). The molecule has 0 saturated heterocycles. The van der Waals surface area contributed by atoms with Crippen LogP contribution < -0.4 is 16.4 Å². The average Bonchev–Trinajstić information content (AvgIpc) is 2.30. The maximum atomic E-state index is 11.8. The second-order valence-corrected chi connectivity index (χ2v) is 4.90. The first-order valence-electron chi connectivity index (χ1n) is 5.86. The van der Waals surface area contributed by atoms with Gasteiger partial charge in [-0.1, -0.05) is 6.07 Å². The maximum Gasteiger partial charge on any atom is 0.335 e. The van der Waals surface area contributed by atoms with Gasteiger partial charge in [-0.3, -0.25) is 4.79 Å². The number of hydrogen-bond acceptors (Lipinski definition) is 3. The number of benzene rings is 1. The molecule has 0 atom stereocenters. The molecule has 0 fully saturated rings. The monoisotopic (exact) mass is 279 g/mol. The molecule has 5 N–H and O–H groups in total. The van der Waals surface area contributed by atoms with Crippen molar-refractivity contribution in [2.24, 2.45) is 5.73 Å². The van der Waals surface area contributed by atoms with Gasteiger partial charge in [0.15, 0.2) is 0 Å². The Hall–Kier alpha value is -2.57. The zero-order valence-electron chi connectivity index (χ0n) is 11.5. The van der Waals surface area contributed by atoms with E-state index >= 15 is 0 Å². The number of anilines is 1. The number of aromatic carboxylic acids is 1.